The number of methoxy groups -OCH3 is 1. The molecule has 20 heavy (non-hydrogen) atoms. The van der Waals surface area contributed by atoms with Crippen LogP contribution in [0.2, 0.25) is 5.02 Å². The molecular weight excluding hydrogens is 304 g/mol. The van der Waals surface area contributed by atoms with Crippen LogP contribution in [-0.2, 0) is 19.6 Å². The summed E-state index contributed by atoms with van der Waals surface area (Å²) in [5.74, 6) is -0.963. The van der Waals surface area contributed by atoms with Crippen molar-refractivity contribution in [2.75, 3.05) is 12.8 Å². The first kappa shape index (κ1) is 16.7. The fourth-order valence-electron chi connectivity index (χ4n) is 1.62. The molecular formula is C12H17ClN2O4S. The average molecular weight is 321 g/mol. The number of sulfonamides is 1. The molecule has 0 aliphatic heterocycles. The molecule has 1 unspecified atom stereocenters. The third kappa shape index (κ3) is 3.62. The SMILES string of the molecule is COC(=O)C(NS(=O)(=O)c1c(N)cccc1Cl)C(C)C. The van der Waals surface area contributed by atoms with Crippen LogP contribution in [0.4, 0.5) is 5.69 Å². The molecule has 0 bridgehead atoms. The van der Waals surface area contributed by atoms with Gasteiger partial charge in [0.1, 0.15) is 10.9 Å². The maximum atomic E-state index is 12.3. The normalized spacial score (nSPS) is 13.2. The topological polar surface area (TPSA) is 98.5 Å². The molecule has 8 heteroatoms. The van der Waals surface area contributed by atoms with Crippen LogP contribution in [0.25, 0.3) is 0 Å². The molecule has 0 spiro atoms. The second kappa shape index (κ2) is 6.43. The Hall–Kier alpha value is -1.31. The first-order valence-electron chi connectivity index (χ1n) is 5.85. The second-order valence-electron chi connectivity index (χ2n) is 4.52. The molecule has 0 saturated heterocycles. The van der Waals surface area contributed by atoms with Crippen LogP contribution in [0.3, 0.4) is 0 Å². The number of rotatable bonds is 5. The average Bonchev–Trinajstić information content (AvgIpc) is 2.34. The van der Waals surface area contributed by atoms with Gasteiger partial charge in [0.25, 0.3) is 0 Å². The molecule has 112 valence electrons. The van der Waals surface area contributed by atoms with Crippen molar-refractivity contribution in [3.63, 3.8) is 0 Å². The molecule has 0 amide bonds. The van der Waals surface area contributed by atoms with E-state index in [1.54, 1.807) is 13.8 Å². The molecule has 0 saturated carbocycles. The van der Waals surface area contributed by atoms with Crippen molar-refractivity contribution in [3.8, 4) is 0 Å². The van der Waals surface area contributed by atoms with Gasteiger partial charge in [0.15, 0.2) is 0 Å². The zero-order valence-electron chi connectivity index (χ0n) is 11.4. The third-order valence-corrected chi connectivity index (χ3v) is 4.65. The minimum absolute atomic E-state index is 0.00938. The minimum Gasteiger partial charge on any atom is -0.468 e. The van der Waals surface area contributed by atoms with E-state index in [1.807, 2.05) is 0 Å². The zero-order valence-corrected chi connectivity index (χ0v) is 13.0. The molecule has 1 rings (SSSR count). The van der Waals surface area contributed by atoms with Crippen molar-refractivity contribution in [1.29, 1.82) is 0 Å². The molecule has 0 heterocycles. The van der Waals surface area contributed by atoms with Crippen molar-refractivity contribution >= 4 is 33.3 Å². The first-order chi connectivity index (χ1) is 9.20. The van der Waals surface area contributed by atoms with Crippen molar-refractivity contribution in [1.82, 2.24) is 4.72 Å². The summed E-state index contributed by atoms with van der Waals surface area (Å²) in [5, 5.41) is -0.00938. The van der Waals surface area contributed by atoms with Crippen molar-refractivity contribution in [2.24, 2.45) is 5.92 Å². The van der Waals surface area contributed by atoms with Gasteiger partial charge < -0.3 is 10.5 Å². The zero-order chi connectivity index (χ0) is 15.5. The highest BCUT2D eigenvalue weighted by Crippen LogP contribution is 2.27. The summed E-state index contributed by atoms with van der Waals surface area (Å²) < 4.78 is 31.5. The Morgan fingerprint density at radius 2 is 2.00 bits per heavy atom. The summed E-state index contributed by atoms with van der Waals surface area (Å²) >= 11 is 5.88. The van der Waals surface area contributed by atoms with Crippen molar-refractivity contribution in [2.45, 2.75) is 24.8 Å². The van der Waals surface area contributed by atoms with Crippen molar-refractivity contribution < 1.29 is 17.9 Å². The third-order valence-electron chi connectivity index (χ3n) is 2.67. The lowest BCUT2D eigenvalue weighted by atomic mass is 10.1. The summed E-state index contributed by atoms with van der Waals surface area (Å²) in [6, 6.07) is 3.36. The summed E-state index contributed by atoms with van der Waals surface area (Å²) in [7, 11) is -2.84. The smallest absolute Gasteiger partial charge is 0.324 e. The summed E-state index contributed by atoms with van der Waals surface area (Å²) in [5.41, 5.74) is 5.66. The van der Waals surface area contributed by atoms with Crippen LogP contribution >= 0.6 is 11.6 Å². The molecule has 0 aliphatic rings. The Bertz CT molecular complexity index is 581. The maximum absolute atomic E-state index is 12.3. The number of benzene rings is 1. The van der Waals surface area contributed by atoms with E-state index in [4.69, 9.17) is 17.3 Å². The van der Waals surface area contributed by atoms with Crippen molar-refractivity contribution in [3.05, 3.63) is 23.2 Å². The Labute approximate surface area is 123 Å². The Balaban J connectivity index is 3.20. The number of carbonyl (C=O) groups is 1. The minimum atomic E-state index is -4.03. The van der Waals surface area contributed by atoms with Crippen LogP contribution in [-0.4, -0.2) is 27.5 Å². The van der Waals surface area contributed by atoms with Gasteiger partial charge in [-0.2, -0.15) is 4.72 Å². The van der Waals surface area contributed by atoms with Gasteiger partial charge in [0.2, 0.25) is 10.0 Å². The number of hydrogen-bond donors (Lipinski definition) is 2. The van der Waals surface area contributed by atoms with Gasteiger partial charge in [-0.15, -0.1) is 0 Å². The number of nitrogens with one attached hydrogen (secondary N) is 1. The molecule has 6 nitrogen and oxygen atoms in total. The molecule has 3 N–H and O–H groups in total. The lowest BCUT2D eigenvalue weighted by Crippen LogP contribution is -2.45. The summed E-state index contributed by atoms with van der Waals surface area (Å²) in [4.78, 5) is 11.4. The highest BCUT2D eigenvalue weighted by Gasteiger charge is 2.31. The van der Waals surface area contributed by atoms with Crippen LogP contribution in [0.15, 0.2) is 23.1 Å². The number of anilines is 1. The number of esters is 1. The van der Waals surface area contributed by atoms with E-state index in [2.05, 4.69) is 9.46 Å². The molecule has 0 aliphatic carbocycles. The number of nitrogen functional groups attached to an aromatic ring is 1. The summed E-state index contributed by atoms with van der Waals surface area (Å²) in [6.07, 6.45) is 0. The van der Waals surface area contributed by atoms with Gasteiger partial charge in [0, 0.05) is 0 Å². The van der Waals surface area contributed by atoms with E-state index in [-0.39, 0.29) is 21.5 Å². The maximum Gasteiger partial charge on any atom is 0.324 e. The van der Waals surface area contributed by atoms with Gasteiger partial charge in [0.05, 0.1) is 17.8 Å². The van der Waals surface area contributed by atoms with E-state index in [1.165, 1.54) is 25.3 Å². The monoisotopic (exact) mass is 320 g/mol. The largest absolute Gasteiger partial charge is 0.468 e. The lowest BCUT2D eigenvalue weighted by molar-refractivity contribution is -0.143. The van der Waals surface area contributed by atoms with Crippen LogP contribution in [0, 0.1) is 5.92 Å². The van der Waals surface area contributed by atoms with Gasteiger partial charge in [-0.1, -0.05) is 31.5 Å². The van der Waals surface area contributed by atoms with E-state index in [0.29, 0.717) is 0 Å². The van der Waals surface area contributed by atoms with Crippen LogP contribution < -0.4 is 10.5 Å². The van der Waals surface area contributed by atoms with E-state index in [0.717, 1.165) is 0 Å². The Morgan fingerprint density at radius 3 is 2.45 bits per heavy atom. The van der Waals surface area contributed by atoms with Gasteiger partial charge >= 0.3 is 5.97 Å². The molecule has 0 aromatic heterocycles. The molecule has 0 radical (unpaired) electrons. The summed E-state index contributed by atoms with van der Waals surface area (Å²) in [6.45, 7) is 3.39. The Kier molecular flexibility index (Phi) is 5.38. The van der Waals surface area contributed by atoms with Crippen LogP contribution in [0.5, 0.6) is 0 Å². The number of ether oxygens (including phenoxy) is 1. The number of halogens is 1. The predicted octanol–water partition coefficient (Wildman–Crippen LogP) is 1.40. The highest BCUT2D eigenvalue weighted by molar-refractivity contribution is 7.89. The highest BCUT2D eigenvalue weighted by atomic mass is 35.5. The van der Waals surface area contributed by atoms with Gasteiger partial charge in [-0.3, -0.25) is 4.79 Å². The molecule has 1 aromatic rings. The van der Waals surface area contributed by atoms with E-state index < -0.39 is 22.0 Å². The quantitative estimate of drug-likeness (QED) is 0.631. The lowest BCUT2D eigenvalue weighted by Gasteiger charge is -2.20. The van der Waals surface area contributed by atoms with Gasteiger partial charge in [-0.05, 0) is 18.1 Å². The number of nitrogens with two attached hydrogens (primary N) is 1. The fourth-order valence-corrected chi connectivity index (χ4v) is 3.63. The molecule has 0 fully saturated rings. The molecule has 1 atom stereocenters. The second-order valence-corrected chi connectivity index (χ2v) is 6.58. The fraction of sp³-hybridized carbons (Fsp3) is 0.417. The van der Waals surface area contributed by atoms with E-state index in [9.17, 15) is 13.2 Å². The van der Waals surface area contributed by atoms with Gasteiger partial charge in [-0.25, -0.2) is 8.42 Å². The van der Waals surface area contributed by atoms with E-state index >= 15 is 0 Å². The first-order valence-corrected chi connectivity index (χ1v) is 7.71. The standard InChI is InChI=1S/C12H17ClN2O4S/c1-7(2)10(12(16)19-3)15-20(17,18)11-8(13)5-4-6-9(11)14/h4-7,10,15H,14H2,1-3H3. The molecule has 1 aromatic carbocycles. The van der Waals surface area contributed by atoms with Crippen LogP contribution in [0.1, 0.15) is 13.8 Å². The number of hydrogen-bond acceptors (Lipinski definition) is 5. The predicted molar refractivity (Wildman–Crippen MR) is 76.8 cm³/mol. The Morgan fingerprint density at radius 1 is 1.40 bits per heavy atom. The number of carbonyl (C=O) groups excluding carboxylic acids is 1.